The highest BCUT2D eigenvalue weighted by molar-refractivity contribution is 5.79. The molecule has 0 fully saturated rings. The summed E-state index contributed by atoms with van der Waals surface area (Å²) in [6.45, 7) is 7.31. The zero-order chi connectivity index (χ0) is 7.28. The Morgan fingerprint density at radius 1 is 1.56 bits per heavy atom. The fourth-order valence-corrected chi connectivity index (χ4v) is 0.282. The third kappa shape index (κ3) is 6.95. The maximum atomic E-state index is 5.23. The normalized spacial score (nSPS) is 9.56. The summed E-state index contributed by atoms with van der Waals surface area (Å²) in [4.78, 5) is 3.96. The van der Waals surface area contributed by atoms with E-state index in [0.717, 1.165) is 5.71 Å². The van der Waals surface area contributed by atoms with E-state index in [0.29, 0.717) is 5.70 Å². The van der Waals surface area contributed by atoms with E-state index in [1.165, 1.54) is 0 Å². The van der Waals surface area contributed by atoms with Gasteiger partial charge in [-0.1, -0.05) is 6.58 Å². The van der Waals surface area contributed by atoms with Crippen molar-refractivity contribution in [3.8, 4) is 0 Å². The zero-order valence-electron chi connectivity index (χ0n) is 5.89. The van der Waals surface area contributed by atoms with Crippen molar-refractivity contribution in [2.75, 3.05) is 0 Å². The molecule has 0 aliphatic carbocycles. The van der Waals surface area contributed by atoms with Crippen molar-refractivity contribution in [3.63, 3.8) is 0 Å². The Morgan fingerprint density at radius 2 is 2.11 bits per heavy atom. The second kappa shape index (κ2) is 3.89. The molecular weight excluding hydrogens is 112 g/mol. The van der Waals surface area contributed by atoms with E-state index in [2.05, 4.69) is 11.6 Å². The van der Waals surface area contributed by atoms with Gasteiger partial charge in [-0.25, -0.2) is 0 Å². The number of hydrogen-bond donors (Lipinski definition) is 1. The monoisotopic (exact) mass is 124 g/mol. The maximum absolute atomic E-state index is 5.23. The molecule has 0 aromatic carbocycles. The molecule has 0 spiro atoms. The summed E-state index contributed by atoms with van der Waals surface area (Å²) in [5.41, 5.74) is 6.76. The van der Waals surface area contributed by atoms with Gasteiger partial charge in [-0.05, 0) is 19.9 Å². The Morgan fingerprint density at radius 3 is 2.44 bits per heavy atom. The minimum Gasteiger partial charge on any atom is -0.399 e. The maximum Gasteiger partial charge on any atom is 0.0287 e. The van der Waals surface area contributed by atoms with Crippen molar-refractivity contribution >= 4 is 5.71 Å². The van der Waals surface area contributed by atoms with Crippen LogP contribution >= 0.6 is 0 Å². The van der Waals surface area contributed by atoms with E-state index in [1.54, 1.807) is 12.3 Å². The highest BCUT2D eigenvalue weighted by Gasteiger charge is 1.72. The van der Waals surface area contributed by atoms with Gasteiger partial charge in [-0.3, -0.25) is 4.99 Å². The number of allylic oxidation sites excluding steroid dienone is 1. The van der Waals surface area contributed by atoms with E-state index < -0.39 is 0 Å². The Hall–Kier alpha value is -1.05. The molecule has 0 atom stereocenters. The molecule has 2 N–H and O–H groups in total. The van der Waals surface area contributed by atoms with Crippen LogP contribution < -0.4 is 5.73 Å². The van der Waals surface area contributed by atoms with E-state index in [4.69, 9.17) is 5.73 Å². The quantitative estimate of drug-likeness (QED) is 0.439. The Labute approximate surface area is 55.8 Å². The largest absolute Gasteiger partial charge is 0.399 e. The van der Waals surface area contributed by atoms with Gasteiger partial charge in [0.25, 0.3) is 0 Å². The number of nitrogens with two attached hydrogens (primary N) is 1. The summed E-state index contributed by atoms with van der Waals surface area (Å²) in [5, 5.41) is 0. The van der Waals surface area contributed by atoms with Crippen LogP contribution in [0.2, 0.25) is 0 Å². The van der Waals surface area contributed by atoms with Gasteiger partial charge < -0.3 is 5.73 Å². The minimum absolute atomic E-state index is 0.528. The lowest BCUT2D eigenvalue weighted by molar-refractivity contribution is 1.41. The predicted molar refractivity (Wildman–Crippen MR) is 41.3 cm³/mol. The summed E-state index contributed by atoms with van der Waals surface area (Å²) in [6.07, 6.45) is 3.30. The van der Waals surface area contributed by atoms with Crippen LogP contribution in [-0.4, -0.2) is 5.71 Å². The van der Waals surface area contributed by atoms with Crippen LogP contribution in [0.25, 0.3) is 0 Å². The fourth-order valence-electron chi connectivity index (χ4n) is 0.282. The smallest absolute Gasteiger partial charge is 0.0287 e. The van der Waals surface area contributed by atoms with Crippen LogP contribution in [0.3, 0.4) is 0 Å². The molecule has 0 saturated heterocycles. The standard InChI is InChI=1S/C7H12N2/c1-6(2)9-5-4-7(3)8/h4-5H,3,8H2,1-2H3/b5-4-. The number of nitrogens with zero attached hydrogens (tertiary/aromatic N) is 1. The number of aliphatic imine (C=N–C) groups is 1. The van der Waals surface area contributed by atoms with Crippen molar-refractivity contribution in [1.29, 1.82) is 0 Å². The molecular formula is C7H12N2. The zero-order valence-corrected chi connectivity index (χ0v) is 5.89. The molecule has 0 aliphatic rings. The van der Waals surface area contributed by atoms with Crippen LogP contribution in [-0.2, 0) is 0 Å². The number of rotatable bonds is 2. The molecule has 0 amide bonds. The molecule has 0 aliphatic heterocycles. The lowest BCUT2D eigenvalue weighted by Crippen LogP contribution is -1.87. The molecule has 0 radical (unpaired) electrons. The van der Waals surface area contributed by atoms with Gasteiger partial charge >= 0.3 is 0 Å². The predicted octanol–water partition coefficient (Wildman–Crippen LogP) is 1.45. The van der Waals surface area contributed by atoms with Gasteiger partial charge in [0.05, 0.1) is 0 Å². The molecule has 0 aromatic heterocycles. The third-order valence-electron chi connectivity index (χ3n) is 0.621. The molecule has 0 unspecified atom stereocenters. The molecule has 0 aromatic rings. The van der Waals surface area contributed by atoms with Gasteiger partial charge in [-0.2, -0.15) is 0 Å². The summed E-state index contributed by atoms with van der Waals surface area (Å²) >= 11 is 0. The van der Waals surface area contributed by atoms with Crippen LogP contribution in [0.1, 0.15) is 13.8 Å². The molecule has 0 heterocycles. The van der Waals surface area contributed by atoms with Gasteiger partial charge in [0.1, 0.15) is 0 Å². The Kier molecular flexibility index (Phi) is 3.44. The molecule has 2 heteroatoms. The second-order valence-electron chi connectivity index (χ2n) is 1.97. The van der Waals surface area contributed by atoms with Gasteiger partial charge in [-0.15, -0.1) is 0 Å². The lowest BCUT2D eigenvalue weighted by Gasteiger charge is -1.83. The Bertz CT molecular complexity index is 150. The van der Waals surface area contributed by atoms with Crippen molar-refractivity contribution in [2.45, 2.75) is 13.8 Å². The summed E-state index contributed by atoms with van der Waals surface area (Å²) in [6, 6.07) is 0. The third-order valence-corrected chi connectivity index (χ3v) is 0.621. The first-order chi connectivity index (χ1) is 4.13. The first-order valence-corrected chi connectivity index (χ1v) is 2.75. The van der Waals surface area contributed by atoms with Crippen LogP contribution in [0, 0.1) is 0 Å². The summed E-state index contributed by atoms with van der Waals surface area (Å²) < 4.78 is 0. The fraction of sp³-hybridized carbons (Fsp3) is 0.286. The van der Waals surface area contributed by atoms with Gasteiger partial charge in [0, 0.05) is 17.6 Å². The first kappa shape index (κ1) is 7.95. The van der Waals surface area contributed by atoms with Gasteiger partial charge in [0.2, 0.25) is 0 Å². The van der Waals surface area contributed by atoms with E-state index >= 15 is 0 Å². The molecule has 0 rings (SSSR count). The average Bonchev–Trinajstić information content (AvgIpc) is 1.63. The summed E-state index contributed by atoms with van der Waals surface area (Å²) in [5.74, 6) is 0. The van der Waals surface area contributed by atoms with E-state index in [1.807, 2.05) is 13.8 Å². The van der Waals surface area contributed by atoms with E-state index in [9.17, 15) is 0 Å². The molecule has 0 bridgehead atoms. The van der Waals surface area contributed by atoms with Crippen molar-refractivity contribution in [1.82, 2.24) is 0 Å². The highest BCUT2D eigenvalue weighted by atomic mass is 14.7. The SMILES string of the molecule is C=C(N)/C=C\N=C(C)C. The van der Waals surface area contributed by atoms with Crippen molar-refractivity contribution in [2.24, 2.45) is 10.7 Å². The average molecular weight is 124 g/mol. The van der Waals surface area contributed by atoms with E-state index in [-0.39, 0.29) is 0 Å². The molecule has 50 valence electrons. The Balaban J connectivity index is 3.74. The van der Waals surface area contributed by atoms with Crippen molar-refractivity contribution in [3.05, 3.63) is 24.6 Å². The molecule has 2 nitrogen and oxygen atoms in total. The van der Waals surface area contributed by atoms with Gasteiger partial charge in [0.15, 0.2) is 0 Å². The first-order valence-electron chi connectivity index (χ1n) is 2.75. The van der Waals surface area contributed by atoms with Crippen LogP contribution in [0.5, 0.6) is 0 Å². The second-order valence-corrected chi connectivity index (χ2v) is 1.97. The lowest BCUT2D eigenvalue weighted by atomic mass is 10.5. The highest BCUT2D eigenvalue weighted by Crippen LogP contribution is 1.82. The van der Waals surface area contributed by atoms with Crippen LogP contribution in [0.4, 0.5) is 0 Å². The molecule has 0 saturated carbocycles. The van der Waals surface area contributed by atoms with Crippen molar-refractivity contribution < 1.29 is 0 Å². The number of hydrogen-bond acceptors (Lipinski definition) is 2. The summed E-state index contributed by atoms with van der Waals surface area (Å²) in [7, 11) is 0. The molecule has 9 heavy (non-hydrogen) atoms. The topological polar surface area (TPSA) is 38.4 Å². The minimum atomic E-state index is 0.528. The van der Waals surface area contributed by atoms with Crippen LogP contribution in [0.15, 0.2) is 29.5 Å².